The van der Waals surface area contributed by atoms with Gasteiger partial charge in [0.05, 0.1) is 12.2 Å². The maximum absolute atomic E-state index is 12.6. The fourth-order valence-corrected chi connectivity index (χ4v) is 3.64. The van der Waals surface area contributed by atoms with Crippen LogP contribution in [0.1, 0.15) is 25.7 Å². The fourth-order valence-electron chi connectivity index (χ4n) is 3.64. The van der Waals surface area contributed by atoms with E-state index in [2.05, 4.69) is 30.3 Å². The maximum Gasteiger partial charge on any atom is 0.259 e. The van der Waals surface area contributed by atoms with Gasteiger partial charge in [0, 0.05) is 38.3 Å². The molecule has 0 radical (unpaired) electrons. The number of likely N-dealkylation sites (tertiary alicyclic amines) is 1. The quantitative estimate of drug-likeness (QED) is 0.663. The van der Waals surface area contributed by atoms with E-state index in [4.69, 9.17) is 9.26 Å². The fraction of sp³-hybridized carbons (Fsp3) is 0.381. The number of hydrogen-bond acceptors (Lipinski definition) is 8. The normalized spacial score (nSPS) is 17.4. The van der Waals surface area contributed by atoms with Crippen molar-refractivity contribution in [3.63, 3.8) is 0 Å². The topological polar surface area (TPSA) is 106 Å². The van der Waals surface area contributed by atoms with Crippen LogP contribution in [0.4, 0.5) is 5.69 Å². The van der Waals surface area contributed by atoms with Gasteiger partial charge in [-0.3, -0.25) is 14.7 Å². The lowest BCUT2D eigenvalue weighted by atomic mass is 9.90. The number of hydrogen-bond donors (Lipinski definition) is 1. The Hall–Kier alpha value is -3.17. The predicted molar refractivity (Wildman–Crippen MR) is 109 cm³/mol. The molecule has 1 atom stereocenters. The predicted octanol–water partition coefficient (Wildman–Crippen LogP) is 2.49. The summed E-state index contributed by atoms with van der Waals surface area (Å²) in [5.74, 6) is 0.771. The molecule has 1 saturated heterocycles. The van der Waals surface area contributed by atoms with Crippen LogP contribution in [-0.4, -0.2) is 57.2 Å². The van der Waals surface area contributed by atoms with E-state index in [1.165, 1.54) is 0 Å². The van der Waals surface area contributed by atoms with Crippen molar-refractivity contribution in [2.45, 2.75) is 31.4 Å². The molecule has 30 heavy (non-hydrogen) atoms. The number of aromatic nitrogens is 4. The van der Waals surface area contributed by atoms with Gasteiger partial charge in [0.1, 0.15) is 11.3 Å². The third-order valence-electron chi connectivity index (χ3n) is 5.57. The van der Waals surface area contributed by atoms with Crippen LogP contribution >= 0.6 is 0 Å². The zero-order valence-electron chi connectivity index (χ0n) is 17.0. The van der Waals surface area contributed by atoms with Crippen LogP contribution in [0, 0.1) is 0 Å². The van der Waals surface area contributed by atoms with Crippen molar-refractivity contribution in [3.05, 3.63) is 54.8 Å². The number of amides is 1. The summed E-state index contributed by atoms with van der Waals surface area (Å²) in [6.45, 7) is 3.25. The smallest absolute Gasteiger partial charge is 0.259 e. The molecule has 4 rings (SSSR count). The molecule has 0 unspecified atom stereocenters. The summed E-state index contributed by atoms with van der Waals surface area (Å²) in [6.07, 6.45) is 6.02. The molecule has 9 heteroatoms. The Bertz CT molecular complexity index is 971. The molecule has 0 aliphatic carbocycles. The molecule has 0 saturated carbocycles. The maximum atomic E-state index is 12.6. The number of nitrogens with zero attached hydrogens (tertiary/aromatic N) is 5. The van der Waals surface area contributed by atoms with Gasteiger partial charge in [0.2, 0.25) is 11.7 Å². The van der Waals surface area contributed by atoms with Crippen LogP contribution < -0.4 is 5.32 Å². The van der Waals surface area contributed by atoms with Gasteiger partial charge < -0.3 is 14.6 Å². The number of ether oxygens (including phenoxy) is 1. The molecule has 3 aromatic rings. The Morgan fingerprint density at radius 2 is 2.00 bits per heavy atom. The van der Waals surface area contributed by atoms with Crippen molar-refractivity contribution in [1.82, 2.24) is 25.0 Å². The zero-order chi connectivity index (χ0) is 21.0. The van der Waals surface area contributed by atoms with Gasteiger partial charge in [-0.15, -0.1) is 0 Å². The molecule has 1 amide bonds. The molecule has 1 N–H and O–H groups in total. The van der Waals surface area contributed by atoms with Gasteiger partial charge in [-0.25, -0.2) is 4.98 Å². The Morgan fingerprint density at radius 3 is 2.67 bits per heavy atom. The van der Waals surface area contributed by atoms with Gasteiger partial charge >= 0.3 is 0 Å². The largest absolute Gasteiger partial charge is 0.368 e. The highest BCUT2D eigenvalue weighted by Gasteiger charge is 2.43. The Labute approximate surface area is 174 Å². The number of para-hydroxylation sites is 1. The van der Waals surface area contributed by atoms with Crippen LogP contribution in [0.3, 0.4) is 0 Å². The molecular formula is C21H24N6O3. The van der Waals surface area contributed by atoms with Gasteiger partial charge in [-0.2, -0.15) is 4.98 Å². The van der Waals surface area contributed by atoms with E-state index in [0.29, 0.717) is 43.3 Å². The number of methoxy groups -OCH3 is 1. The SMILES string of the molecule is COC1(c2nc(-c3cnccn3)no2)CCN([C@H](C)C(=O)Nc2ccccc2)CC1. The zero-order valence-corrected chi connectivity index (χ0v) is 17.0. The summed E-state index contributed by atoms with van der Waals surface area (Å²) in [4.78, 5) is 27.5. The van der Waals surface area contributed by atoms with Crippen molar-refractivity contribution in [2.24, 2.45) is 0 Å². The van der Waals surface area contributed by atoms with Crippen molar-refractivity contribution < 1.29 is 14.1 Å². The molecule has 9 nitrogen and oxygen atoms in total. The highest BCUT2D eigenvalue weighted by atomic mass is 16.5. The van der Waals surface area contributed by atoms with E-state index in [9.17, 15) is 4.79 Å². The second-order valence-electron chi connectivity index (χ2n) is 7.28. The van der Waals surface area contributed by atoms with E-state index >= 15 is 0 Å². The number of piperidine rings is 1. The van der Waals surface area contributed by atoms with Crippen LogP contribution in [0.2, 0.25) is 0 Å². The number of carbonyl (C=O) groups is 1. The second kappa shape index (κ2) is 8.68. The van der Waals surface area contributed by atoms with Crippen molar-refractivity contribution in [1.29, 1.82) is 0 Å². The monoisotopic (exact) mass is 408 g/mol. The molecule has 0 spiro atoms. The summed E-state index contributed by atoms with van der Waals surface area (Å²) in [5.41, 5.74) is 0.655. The van der Waals surface area contributed by atoms with E-state index in [0.717, 1.165) is 5.69 Å². The van der Waals surface area contributed by atoms with Gasteiger partial charge in [-0.05, 0) is 31.9 Å². The second-order valence-corrected chi connectivity index (χ2v) is 7.28. The minimum atomic E-state index is -0.681. The first-order valence-electron chi connectivity index (χ1n) is 9.87. The molecule has 0 bridgehead atoms. The molecule has 1 aromatic carbocycles. The lowest BCUT2D eigenvalue weighted by Gasteiger charge is -2.40. The highest BCUT2D eigenvalue weighted by Crippen LogP contribution is 2.36. The molecule has 1 aliphatic rings. The van der Waals surface area contributed by atoms with Crippen molar-refractivity contribution in [3.8, 4) is 11.5 Å². The number of benzene rings is 1. The lowest BCUT2D eigenvalue weighted by molar-refractivity contribution is -0.125. The van der Waals surface area contributed by atoms with Crippen molar-refractivity contribution >= 4 is 11.6 Å². The van der Waals surface area contributed by atoms with Crippen LogP contribution in [0.5, 0.6) is 0 Å². The van der Waals surface area contributed by atoms with Crippen LogP contribution in [0.15, 0.2) is 53.4 Å². The molecule has 2 aromatic heterocycles. The number of rotatable bonds is 6. The summed E-state index contributed by atoms with van der Waals surface area (Å²) in [6, 6.07) is 9.20. The summed E-state index contributed by atoms with van der Waals surface area (Å²) in [5, 5.41) is 7.00. The summed E-state index contributed by atoms with van der Waals surface area (Å²) in [7, 11) is 1.65. The third-order valence-corrected chi connectivity index (χ3v) is 5.57. The highest BCUT2D eigenvalue weighted by molar-refractivity contribution is 5.94. The Balaban J connectivity index is 1.42. The van der Waals surface area contributed by atoms with Crippen LogP contribution in [-0.2, 0) is 15.1 Å². The van der Waals surface area contributed by atoms with Gasteiger partial charge in [-0.1, -0.05) is 23.4 Å². The van der Waals surface area contributed by atoms with Gasteiger partial charge in [0.15, 0.2) is 0 Å². The minimum Gasteiger partial charge on any atom is -0.368 e. The van der Waals surface area contributed by atoms with Crippen molar-refractivity contribution in [2.75, 3.05) is 25.5 Å². The van der Waals surface area contributed by atoms with E-state index < -0.39 is 5.60 Å². The van der Waals surface area contributed by atoms with E-state index in [1.807, 2.05) is 37.3 Å². The first-order valence-corrected chi connectivity index (χ1v) is 9.87. The van der Waals surface area contributed by atoms with E-state index in [1.54, 1.807) is 25.7 Å². The third kappa shape index (κ3) is 4.07. The van der Waals surface area contributed by atoms with Gasteiger partial charge in [0.25, 0.3) is 5.89 Å². The minimum absolute atomic E-state index is 0.0335. The molecule has 1 aliphatic heterocycles. The molecular weight excluding hydrogens is 384 g/mol. The Morgan fingerprint density at radius 1 is 1.23 bits per heavy atom. The van der Waals surface area contributed by atoms with Crippen LogP contribution in [0.25, 0.3) is 11.5 Å². The summed E-state index contributed by atoms with van der Waals surface area (Å²) >= 11 is 0. The average Bonchev–Trinajstić information content (AvgIpc) is 3.31. The van der Waals surface area contributed by atoms with E-state index in [-0.39, 0.29) is 11.9 Å². The number of carbonyl (C=O) groups excluding carboxylic acids is 1. The summed E-state index contributed by atoms with van der Waals surface area (Å²) < 4.78 is 11.4. The number of anilines is 1. The molecule has 3 heterocycles. The number of nitrogens with one attached hydrogen (secondary N) is 1. The standard InChI is InChI=1S/C21H24N6O3/c1-15(19(28)24-16-6-4-3-5-7-16)27-12-8-21(29-2,9-13-27)20-25-18(26-30-20)17-14-22-10-11-23-17/h3-7,10-11,14-15H,8-9,12-13H2,1-2H3,(H,24,28)/t15-/m1/s1. The lowest BCUT2D eigenvalue weighted by Crippen LogP contribution is -2.50. The molecule has 1 fully saturated rings. The first kappa shape index (κ1) is 20.1. The Kier molecular flexibility index (Phi) is 5.82. The average molecular weight is 408 g/mol. The molecule has 156 valence electrons. The first-order chi connectivity index (χ1) is 14.6.